The van der Waals surface area contributed by atoms with Gasteiger partial charge in [-0.3, -0.25) is 4.79 Å². The first-order valence-electron chi connectivity index (χ1n) is 8.16. The lowest BCUT2D eigenvalue weighted by atomic mass is 10.1. The zero-order valence-electron chi connectivity index (χ0n) is 15.3. The normalized spacial score (nSPS) is 11.4. The molecule has 0 fully saturated rings. The molecule has 0 unspecified atom stereocenters. The lowest BCUT2D eigenvalue weighted by molar-refractivity contribution is -0.134. The van der Waals surface area contributed by atoms with Crippen molar-refractivity contribution in [3.05, 3.63) is 44.9 Å². The van der Waals surface area contributed by atoms with Crippen LogP contribution in [0, 0.1) is 27.7 Å². The van der Waals surface area contributed by atoms with E-state index < -0.39 is 5.60 Å². The summed E-state index contributed by atoms with van der Waals surface area (Å²) in [4.78, 5) is 18.2. The van der Waals surface area contributed by atoms with Gasteiger partial charge in [-0.05, 0) is 64.8 Å². The van der Waals surface area contributed by atoms with Crippen LogP contribution in [0.1, 0.15) is 40.6 Å². The van der Waals surface area contributed by atoms with Gasteiger partial charge in [0.1, 0.15) is 5.75 Å². The number of rotatable bonds is 6. The molecule has 1 heterocycles. The molecule has 2 rings (SSSR count). The number of nitrogens with one attached hydrogen (secondary N) is 1. The van der Waals surface area contributed by atoms with E-state index >= 15 is 0 Å². The van der Waals surface area contributed by atoms with Crippen molar-refractivity contribution in [2.24, 2.45) is 0 Å². The third-order valence-corrected chi connectivity index (χ3v) is 5.23. The Bertz CT molecular complexity index is 715. The smallest absolute Gasteiger partial charge is 0.263 e. The van der Waals surface area contributed by atoms with Crippen LogP contribution in [0.25, 0.3) is 0 Å². The molecule has 1 amide bonds. The summed E-state index contributed by atoms with van der Waals surface area (Å²) in [6.07, 6.45) is 0.741. The van der Waals surface area contributed by atoms with Crippen molar-refractivity contribution in [1.29, 1.82) is 0 Å². The summed E-state index contributed by atoms with van der Waals surface area (Å²) in [6.45, 7) is 12.3. The minimum Gasteiger partial charge on any atom is -0.478 e. The van der Waals surface area contributed by atoms with Crippen LogP contribution >= 0.6 is 11.3 Å². The molecule has 0 aliphatic rings. The summed E-state index contributed by atoms with van der Waals surface area (Å²) in [6, 6.07) is 5.87. The number of carbonyl (C=O) groups excluding carboxylic acids is 1. The molecule has 0 saturated heterocycles. The molecule has 0 bridgehead atoms. The van der Waals surface area contributed by atoms with Crippen molar-refractivity contribution < 1.29 is 9.53 Å². The molecule has 1 N–H and O–H groups in total. The Labute approximate surface area is 148 Å². The molecule has 0 radical (unpaired) electrons. The largest absolute Gasteiger partial charge is 0.478 e. The summed E-state index contributed by atoms with van der Waals surface area (Å²) < 4.78 is 5.90. The van der Waals surface area contributed by atoms with E-state index in [2.05, 4.69) is 24.1 Å². The van der Waals surface area contributed by atoms with Gasteiger partial charge in [0.05, 0.1) is 10.7 Å². The van der Waals surface area contributed by atoms with Gasteiger partial charge in [0.15, 0.2) is 5.60 Å². The highest BCUT2D eigenvalue weighted by Crippen LogP contribution is 2.22. The molecule has 5 heteroatoms. The Morgan fingerprint density at radius 1 is 1.21 bits per heavy atom. The maximum Gasteiger partial charge on any atom is 0.263 e. The molecule has 0 aliphatic carbocycles. The fourth-order valence-electron chi connectivity index (χ4n) is 2.26. The molecule has 0 aliphatic heterocycles. The second-order valence-corrected chi connectivity index (χ2v) is 7.90. The number of hydrogen-bond donors (Lipinski definition) is 1. The van der Waals surface area contributed by atoms with Crippen LogP contribution in [0.2, 0.25) is 0 Å². The van der Waals surface area contributed by atoms with Crippen molar-refractivity contribution >= 4 is 17.2 Å². The zero-order chi connectivity index (χ0) is 17.9. The van der Waals surface area contributed by atoms with Crippen LogP contribution in [0.4, 0.5) is 0 Å². The van der Waals surface area contributed by atoms with Crippen LogP contribution in [0.5, 0.6) is 5.75 Å². The molecular weight excluding hydrogens is 320 g/mol. The Balaban J connectivity index is 1.90. The van der Waals surface area contributed by atoms with Crippen LogP contribution in [0.3, 0.4) is 0 Å². The topological polar surface area (TPSA) is 51.2 Å². The SMILES string of the molecule is Cc1ccc(OC(C)(C)C(=O)NCCc2nc(C)c(C)s2)cc1C. The third kappa shape index (κ3) is 4.57. The fraction of sp³-hybridized carbons (Fsp3) is 0.474. The lowest BCUT2D eigenvalue weighted by Crippen LogP contribution is -2.47. The minimum absolute atomic E-state index is 0.120. The summed E-state index contributed by atoms with van der Waals surface area (Å²) in [7, 11) is 0. The summed E-state index contributed by atoms with van der Waals surface area (Å²) in [5.41, 5.74) is 2.51. The molecule has 2 aromatic rings. The summed E-state index contributed by atoms with van der Waals surface area (Å²) in [5.74, 6) is 0.593. The van der Waals surface area contributed by atoms with Crippen LogP contribution < -0.4 is 10.1 Å². The van der Waals surface area contributed by atoms with E-state index in [4.69, 9.17) is 4.74 Å². The zero-order valence-corrected chi connectivity index (χ0v) is 16.1. The highest BCUT2D eigenvalue weighted by Gasteiger charge is 2.29. The van der Waals surface area contributed by atoms with Gasteiger partial charge >= 0.3 is 0 Å². The first-order chi connectivity index (χ1) is 11.2. The summed E-state index contributed by atoms with van der Waals surface area (Å²) >= 11 is 1.69. The Morgan fingerprint density at radius 3 is 2.50 bits per heavy atom. The van der Waals surface area contributed by atoms with Gasteiger partial charge in [-0.25, -0.2) is 4.98 Å². The highest BCUT2D eigenvalue weighted by molar-refractivity contribution is 7.11. The second kappa shape index (κ2) is 7.34. The van der Waals surface area contributed by atoms with Gasteiger partial charge in [0.2, 0.25) is 0 Å². The second-order valence-electron chi connectivity index (χ2n) is 6.61. The number of nitrogens with zero attached hydrogens (tertiary/aromatic N) is 1. The summed E-state index contributed by atoms with van der Waals surface area (Å²) in [5, 5.41) is 4.00. The van der Waals surface area contributed by atoms with Crippen molar-refractivity contribution in [2.45, 2.75) is 53.6 Å². The molecule has 130 valence electrons. The Kier molecular flexibility index (Phi) is 5.65. The van der Waals surface area contributed by atoms with Crippen molar-refractivity contribution in [3.63, 3.8) is 0 Å². The van der Waals surface area contributed by atoms with Gasteiger partial charge in [0.25, 0.3) is 5.91 Å². The van der Waals surface area contributed by atoms with E-state index in [1.54, 1.807) is 25.2 Å². The van der Waals surface area contributed by atoms with Gasteiger partial charge in [-0.1, -0.05) is 6.07 Å². The highest BCUT2D eigenvalue weighted by atomic mass is 32.1. The standard InChI is InChI=1S/C19H26N2O2S/c1-12-7-8-16(11-13(12)2)23-19(5,6)18(22)20-10-9-17-21-14(3)15(4)24-17/h7-8,11H,9-10H2,1-6H3,(H,20,22). The van der Waals surface area contributed by atoms with Crippen LogP contribution in [-0.2, 0) is 11.2 Å². The fourth-order valence-corrected chi connectivity index (χ4v) is 3.19. The van der Waals surface area contributed by atoms with E-state index in [0.717, 1.165) is 22.7 Å². The number of hydrogen-bond acceptors (Lipinski definition) is 4. The van der Waals surface area contributed by atoms with Gasteiger partial charge in [-0.15, -0.1) is 11.3 Å². The molecule has 1 aromatic carbocycles. The monoisotopic (exact) mass is 346 g/mol. The first kappa shape index (κ1) is 18.5. The minimum atomic E-state index is -0.920. The molecule has 4 nitrogen and oxygen atoms in total. The number of aromatic nitrogens is 1. The number of carbonyl (C=O) groups is 1. The van der Waals surface area contributed by atoms with Gasteiger partial charge in [-0.2, -0.15) is 0 Å². The lowest BCUT2D eigenvalue weighted by Gasteiger charge is -2.25. The van der Waals surface area contributed by atoms with Crippen LogP contribution in [-0.4, -0.2) is 23.0 Å². The quantitative estimate of drug-likeness (QED) is 0.863. The number of thiazole rings is 1. The Hall–Kier alpha value is -1.88. The average molecular weight is 346 g/mol. The predicted molar refractivity (Wildman–Crippen MR) is 98.9 cm³/mol. The van der Waals surface area contributed by atoms with E-state index in [0.29, 0.717) is 12.3 Å². The van der Waals surface area contributed by atoms with E-state index in [1.165, 1.54) is 10.4 Å². The van der Waals surface area contributed by atoms with E-state index in [-0.39, 0.29) is 5.91 Å². The average Bonchev–Trinajstić information content (AvgIpc) is 2.81. The molecular formula is C19H26N2O2S. The van der Waals surface area contributed by atoms with E-state index in [9.17, 15) is 4.79 Å². The number of aryl methyl sites for hydroxylation is 4. The van der Waals surface area contributed by atoms with Crippen molar-refractivity contribution in [3.8, 4) is 5.75 Å². The number of amides is 1. The Morgan fingerprint density at radius 2 is 1.92 bits per heavy atom. The maximum atomic E-state index is 12.4. The maximum absolute atomic E-state index is 12.4. The van der Waals surface area contributed by atoms with Gasteiger partial charge < -0.3 is 10.1 Å². The molecule has 0 spiro atoms. The molecule has 24 heavy (non-hydrogen) atoms. The van der Waals surface area contributed by atoms with Crippen molar-refractivity contribution in [2.75, 3.05) is 6.54 Å². The molecule has 0 saturated carbocycles. The third-order valence-electron chi connectivity index (χ3n) is 4.10. The number of ether oxygens (including phenoxy) is 1. The number of benzene rings is 1. The van der Waals surface area contributed by atoms with E-state index in [1.807, 2.05) is 32.0 Å². The van der Waals surface area contributed by atoms with Gasteiger partial charge in [0, 0.05) is 17.8 Å². The van der Waals surface area contributed by atoms with Crippen molar-refractivity contribution in [1.82, 2.24) is 10.3 Å². The van der Waals surface area contributed by atoms with Crippen LogP contribution in [0.15, 0.2) is 18.2 Å². The molecule has 1 aromatic heterocycles. The molecule has 0 atom stereocenters. The predicted octanol–water partition coefficient (Wildman–Crippen LogP) is 3.89. The first-order valence-corrected chi connectivity index (χ1v) is 8.98.